The van der Waals surface area contributed by atoms with Gasteiger partial charge >= 0.3 is 0 Å². The summed E-state index contributed by atoms with van der Waals surface area (Å²) < 4.78 is 24.5. The van der Waals surface area contributed by atoms with E-state index >= 15 is 0 Å². The second kappa shape index (κ2) is 6.16. The minimum Gasteiger partial charge on any atom is -0.337 e. The Morgan fingerprint density at radius 2 is 2.24 bits per heavy atom. The molecule has 0 amide bonds. The Hall–Kier alpha value is -0.880. The molecule has 0 aliphatic heterocycles. The van der Waals surface area contributed by atoms with Crippen LogP contribution in [-0.4, -0.2) is 35.5 Å². The van der Waals surface area contributed by atoms with Crippen LogP contribution in [-0.2, 0) is 22.8 Å². The number of sulfone groups is 1. The van der Waals surface area contributed by atoms with Crippen molar-refractivity contribution in [3.8, 4) is 0 Å². The molecule has 0 saturated carbocycles. The van der Waals surface area contributed by atoms with E-state index in [9.17, 15) is 8.42 Å². The van der Waals surface area contributed by atoms with E-state index in [2.05, 4.69) is 4.98 Å². The van der Waals surface area contributed by atoms with E-state index in [1.807, 2.05) is 17.7 Å². The van der Waals surface area contributed by atoms with Crippen LogP contribution in [0.5, 0.6) is 0 Å². The maximum Gasteiger partial charge on any atom is 0.150 e. The number of rotatable bonds is 7. The first-order chi connectivity index (χ1) is 7.93. The highest BCUT2D eigenvalue weighted by molar-refractivity contribution is 7.91. The summed E-state index contributed by atoms with van der Waals surface area (Å²) in [7, 11) is -2.86. The lowest BCUT2D eigenvalue weighted by molar-refractivity contribution is 0.587. The van der Waals surface area contributed by atoms with Crippen LogP contribution in [0.15, 0.2) is 12.5 Å². The predicted molar refractivity (Wildman–Crippen MR) is 68.5 cm³/mol. The molecular weight excluding hydrogens is 238 g/mol. The fourth-order valence-corrected chi connectivity index (χ4v) is 2.43. The minimum absolute atomic E-state index is 0.0961. The van der Waals surface area contributed by atoms with Crippen molar-refractivity contribution in [3.05, 3.63) is 18.2 Å². The van der Waals surface area contributed by atoms with Crippen LogP contribution in [0.1, 0.15) is 26.0 Å². The summed E-state index contributed by atoms with van der Waals surface area (Å²) in [5.41, 5.74) is 6.64. The molecule has 1 aromatic rings. The largest absolute Gasteiger partial charge is 0.337 e. The third kappa shape index (κ3) is 5.32. The van der Waals surface area contributed by atoms with Gasteiger partial charge in [0.25, 0.3) is 0 Å². The molecule has 0 radical (unpaired) electrons. The maximum absolute atomic E-state index is 11.3. The van der Waals surface area contributed by atoms with Crippen LogP contribution in [0.3, 0.4) is 0 Å². The van der Waals surface area contributed by atoms with Gasteiger partial charge in [-0.25, -0.2) is 13.4 Å². The van der Waals surface area contributed by atoms with E-state index in [0.29, 0.717) is 13.0 Å². The van der Waals surface area contributed by atoms with E-state index < -0.39 is 9.84 Å². The van der Waals surface area contributed by atoms with Crippen molar-refractivity contribution in [2.75, 3.05) is 11.5 Å². The van der Waals surface area contributed by atoms with Crippen molar-refractivity contribution >= 4 is 9.84 Å². The van der Waals surface area contributed by atoms with Gasteiger partial charge in [-0.3, -0.25) is 0 Å². The Morgan fingerprint density at radius 3 is 2.82 bits per heavy atom. The van der Waals surface area contributed by atoms with Gasteiger partial charge in [-0.1, -0.05) is 6.92 Å². The van der Waals surface area contributed by atoms with Gasteiger partial charge in [-0.15, -0.1) is 0 Å². The van der Waals surface area contributed by atoms with Crippen LogP contribution < -0.4 is 5.73 Å². The molecule has 0 spiro atoms. The fraction of sp³-hybridized carbons (Fsp3) is 0.727. The molecular formula is C11H21N3O2S. The molecule has 0 aliphatic rings. The average molecular weight is 259 g/mol. The molecule has 0 fully saturated rings. The van der Waals surface area contributed by atoms with Crippen LogP contribution in [0, 0.1) is 0 Å². The minimum atomic E-state index is -2.86. The average Bonchev–Trinajstić information content (AvgIpc) is 2.64. The van der Waals surface area contributed by atoms with Crippen molar-refractivity contribution in [2.24, 2.45) is 5.73 Å². The summed E-state index contributed by atoms with van der Waals surface area (Å²) >= 11 is 0. The molecule has 1 unspecified atom stereocenters. The molecule has 6 heteroatoms. The molecule has 0 aliphatic carbocycles. The highest BCUT2D eigenvalue weighted by atomic mass is 32.2. The lowest BCUT2D eigenvalue weighted by atomic mass is 10.2. The smallest absolute Gasteiger partial charge is 0.150 e. The van der Waals surface area contributed by atoms with Gasteiger partial charge in [0, 0.05) is 31.0 Å². The van der Waals surface area contributed by atoms with E-state index in [0.717, 1.165) is 12.1 Å². The Morgan fingerprint density at radius 1 is 1.53 bits per heavy atom. The Balaban J connectivity index is 2.40. The molecule has 98 valence electrons. The number of hydrogen-bond donors (Lipinski definition) is 1. The van der Waals surface area contributed by atoms with Crippen molar-refractivity contribution in [1.82, 2.24) is 9.55 Å². The van der Waals surface area contributed by atoms with Gasteiger partial charge in [-0.05, 0) is 13.3 Å². The van der Waals surface area contributed by atoms with Crippen molar-refractivity contribution in [3.63, 3.8) is 0 Å². The lowest BCUT2D eigenvalue weighted by Gasteiger charge is -2.03. The van der Waals surface area contributed by atoms with Crippen LogP contribution in [0.25, 0.3) is 0 Å². The Bertz CT molecular complexity index is 437. The monoisotopic (exact) mass is 259 g/mol. The highest BCUT2D eigenvalue weighted by Crippen LogP contribution is 2.02. The molecule has 1 aromatic heterocycles. The molecule has 1 atom stereocenters. The quantitative estimate of drug-likeness (QED) is 0.777. The second-order valence-electron chi connectivity index (χ2n) is 4.37. The van der Waals surface area contributed by atoms with Gasteiger partial charge in [0.1, 0.15) is 9.84 Å². The van der Waals surface area contributed by atoms with Gasteiger partial charge in [0.15, 0.2) is 0 Å². The maximum atomic E-state index is 11.3. The zero-order valence-corrected chi connectivity index (χ0v) is 11.3. The molecule has 2 N–H and O–H groups in total. The zero-order valence-electron chi connectivity index (χ0n) is 10.5. The van der Waals surface area contributed by atoms with E-state index in [4.69, 9.17) is 5.73 Å². The van der Waals surface area contributed by atoms with Crippen molar-refractivity contribution < 1.29 is 8.42 Å². The first kappa shape index (κ1) is 14.2. The second-order valence-corrected chi connectivity index (χ2v) is 6.85. The summed E-state index contributed by atoms with van der Waals surface area (Å²) in [5.74, 6) is 0.456. The number of aromatic nitrogens is 2. The van der Waals surface area contributed by atoms with Crippen LogP contribution in [0.4, 0.5) is 0 Å². The zero-order chi connectivity index (χ0) is 12.9. The van der Waals surface area contributed by atoms with Gasteiger partial charge in [-0.2, -0.15) is 0 Å². The van der Waals surface area contributed by atoms with E-state index in [1.54, 1.807) is 13.3 Å². The number of aryl methyl sites for hydroxylation is 1. The van der Waals surface area contributed by atoms with Gasteiger partial charge in [0.2, 0.25) is 0 Å². The van der Waals surface area contributed by atoms with Crippen LogP contribution in [0.2, 0.25) is 0 Å². The molecule has 1 heterocycles. The molecule has 0 bridgehead atoms. The number of nitrogens with two attached hydrogens (primary N) is 1. The van der Waals surface area contributed by atoms with Gasteiger partial charge < -0.3 is 10.3 Å². The summed E-state index contributed by atoms with van der Waals surface area (Å²) in [6.45, 7) is 4.30. The first-order valence-corrected chi connectivity index (χ1v) is 7.71. The van der Waals surface area contributed by atoms with Crippen molar-refractivity contribution in [1.29, 1.82) is 0 Å². The summed E-state index contributed by atoms with van der Waals surface area (Å²) in [6.07, 6.45) is 5.04. The summed E-state index contributed by atoms with van der Waals surface area (Å²) in [5, 5.41) is 0. The number of hydrogen-bond acceptors (Lipinski definition) is 4. The molecule has 0 aromatic carbocycles. The normalized spacial score (nSPS) is 13.8. The first-order valence-electron chi connectivity index (χ1n) is 5.89. The molecule has 0 saturated heterocycles. The molecule has 17 heavy (non-hydrogen) atoms. The lowest BCUT2D eigenvalue weighted by Crippen LogP contribution is -2.17. The predicted octanol–water partition coefficient (Wildman–Crippen LogP) is 0.598. The SMILES string of the molecule is CCS(=O)(=O)CCCn1cnc(CC(C)N)c1. The summed E-state index contributed by atoms with van der Waals surface area (Å²) in [4.78, 5) is 4.23. The highest BCUT2D eigenvalue weighted by Gasteiger charge is 2.07. The Labute approximate surface area is 103 Å². The van der Waals surface area contributed by atoms with E-state index in [1.165, 1.54) is 0 Å². The van der Waals surface area contributed by atoms with Crippen molar-refractivity contribution in [2.45, 2.75) is 39.3 Å². The number of imidazole rings is 1. The third-order valence-corrected chi connectivity index (χ3v) is 4.32. The third-order valence-electron chi connectivity index (χ3n) is 2.53. The van der Waals surface area contributed by atoms with E-state index in [-0.39, 0.29) is 17.5 Å². The van der Waals surface area contributed by atoms with Crippen LogP contribution >= 0.6 is 0 Å². The topological polar surface area (TPSA) is 78.0 Å². The molecule has 5 nitrogen and oxygen atoms in total. The standard InChI is InChI=1S/C11H21N3O2S/c1-3-17(15,16)6-4-5-14-8-11(13-9-14)7-10(2)12/h8-10H,3-7,12H2,1-2H3. The number of nitrogens with zero attached hydrogens (tertiary/aromatic N) is 2. The molecule has 1 rings (SSSR count). The summed E-state index contributed by atoms with van der Waals surface area (Å²) in [6, 6.07) is 0.0961. The van der Waals surface area contributed by atoms with Gasteiger partial charge in [0.05, 0.1) is 17.8 Å². The fourth-order valence-electron chi connectivity index (χ4n) is 1.58. The Kier molecular flexibility index (Phi) is 5.14.